The summed E-state index contributed by atoms with van der Waals surface area (Å²) in [5.41, 5.74) is 0. The first-order valence-corrected chi connectivity index (χ1v) is 5.20. The standard InChI is InChI=1S/C9H18O8/c10-1-2-3(11)5(13)7(15)9(17)8(16)6(14)4(2)12/h2-17H,1H2/t2?,3-,4-,5-,6+,7-,8+,9?/m1/s1. The molecule has 0 aromatic rings. The van der Waals surface area contributed by atoms with Crippen molar-refractivity contribution in [3.05, 3.63) is 0 Å². The summed E-state index contributed by atoms with van der Waals surface area (Å²) in [6, 6.07) is 0. The lowest BCUT2D eigenvalue weighted by Gasteiger charge is -2.40. The lowest BCUT2D eigenvalue weighted by Crippen LogP contribution is -2.62. The molecular weight excluding hydrogens is 236 g/mol. The van der Waals surface area contributed by atoms with Crippen LogP contribution in [0.15, 0.2) is 0 Å². The third kappa shape index (κ3) is 2.59. The summed E-state index contributed by atoms with van der Waals surface area (Å²) in [5.74, 6) is -1.35. The minimum atomic E-state index is -1.93. The van der Waals surface area contributed by atoms with Crippen molar-refractivity contribution >= 4 is 0 Å². The molecule has 8 nitrogen and oxygen atoms in total. The Bertz CT molecular complexity index is 227. The first-order chi connectivity index (χ1) is 7.82. The van der Waals surface area contributed by atoms with Gasteiger partial charge >= 0.3 is 0 Å². The first kappa shape index (κ1) is 14.7. The second-order valence-corrected chi connectivity index (χ2v) is 4.28. The molecule has 1 rings (SSSR count). The SMILES string of the molecule is OCC1[C@@H](O)[C@H](O)[C@H](O)C(O)[C@H](O)[C@H](O)[C@@H]1O. The molecule has 17 heavy (non-hydrogen) atoms. The van der Waals surface area contributed by atoms with Gasteiger partial charge in [-0.05, 0) is 0 Å². The summed E-state index contributed by atoms with van der Waals surface area (Å²) in [6.45, 7) is -0.772. The van der Waals surface area contributed by atoms with E-state index < -0.39 is 55.3 Å². The van der Waals surface area contributed by atoms with Crippen molar-refractivity contribution in [3.63, 3.8) is 0 Å². The fraction of sp³-hybridized carbons (Fsp3) is 1.00. The number of rotatable bonds is 1. The highest BCUT2D eigenvalue weighted by Crippen LogP contribution is 2.25. The lowest BCUT2D eigenvalue weighted by atomic mass is 9.80. The van der Waals surface area contributed by atoms with Crippen LogP contribution in [0.4, 0.5) is 0 Å². The van der Waals surface area contributed by atoms with Gasteiger partial charge in [0.2, 0.25) is 0 Å². The van der Waals surface area contributed by atoms with Gasteiger partial charge in [-0.15, -0.1) is 0 Å². The Kier molecular flexibility index (Phi) is 4.81. The molecule has 1 saturated carbocycles. The molecule has 0 aliphatic heterocycles. The topological polar surface area (TPSA) is 162 Å². The van der Waals surface area contributed by atoms with Gasteiger partial charge in [0.1, 0.15) is 30.5 Å². The molecule has 1 fully saturated rings. The summed E-state index contributed by atoms with van der Waals surface area (Å²) in [6.07, 6.45) is -13.0. The highest BCUT2D eigenvalue weighted by molar-refractivity contribution is 4.98. The van der Waals surface area contributed by atoms with E-state index in [9.17, 15) is 35.7 Å². The van der Waals surface area contributed by atoms with E-state index in [0.29, 0.717) is 0 Å². The van der Waals surface area contributed by atoms with Crippen LogP contribution in [-0.4, -0.2) is 90.2 Å². The van der Waals surface area contributed by atoms with Crippen LogP contribution in [0.25, 0.3) is 0 Å². The molecule has 0 saturated heterocycles. The minimum absolute atomic E-state index is 0.772. The number of hydrogen-bond acceptors (Lipinski definition) is 8. The van der Waals surface area contributed by atoms with Crippen molar-refractivity contribution < 1.29 is 40.9 Å². The summed E-state index contributed by atoms with van der Waals surface area (Å²) in [7, 11) is 0. The molecule has 1 aliphatic rings. The summed E-state index contributed by atoms with van der Waals surface area (Å²) >= 11 is 0. The van der Waals surface area contributed by atoms with Crippen LogP contribution in [0.2, 0.25) is 0 Å². The Morgan fingerprint density at radius 3 is 0.941 bits per heavy atom. The Labute approximate surface area is 97.0 Å². The number of hydrogen-bond donors (Lipinski definition) is 8. The van der Waals surface area contributed by atoms with Crippen LogP contribution in [0, 0.1) is 5.92 Å². The average molecular weight is 254 g/mol. The molecular formula is C9H18O8. The molecule has 102 valence electrons. The zero-order chi connectivity index (χ0) is 13.3. The molecule has 2 unspecified atom stereocenters. The average Bonchev–Trinajstić information content (AvgIpc) is 2.33. The molecule has 0 amide bonds. The fourth-order valence-electron chi connectivity index (χ4n) is 1.93. The molecule has 8 atom stereocenters. The van der Waals surface area contributed by atoms with Gasteiger partial charge in [-0.1, -0.05) is 0 Å². The Balaban J connectivity index is 3.02. The number of aliphatic hydroxyl groups is 8. The van der Waals surface area contributed by atoms with Gasteiger partial charge in [-0.3, -0.25) is 0 Å². The smallest absolute Gasteiger partial charge is 0.111 e. The van der Waals surface area contributed by atoms with Crippen molar-refractivity contribution in [2.45, 2.75) is 42.7 Å². The predicted octanol–water partition coefficient (Wildman–Crippen LogP) is -4.87. The van der Waals surface area contributed by atoms with E-state index in [4.69, 9.17) is 5.11 Å². The van der Waals surface area contributed by atoms with Crippen molar-refractivity contribution in [2.24, 2.45) is 5.92 Å². The van der Waals surface area contributed by atoms with Crippen molar-refractivity contribution in [2.75, 3.05) is 6.61 Å². The van der Waals surface area contributed by atoms with Crippen LogP contribution in [0.3, 0.4) is 0 Å². The van der Waals surface area contributed by atoms with E-state index in [2.05, 4.69) is 0 Å². The van der Waals surface area contributed by atoms with Gasteiger partial charge < -0.3 is 40.9 Å². The van der Waals surface area contributed by atoms with Crippen molar-refractivity contribution in [1.82, 2.24) is 0 Å². The van der Waals surface area contributed by atoms with Gasteiger partial charge in [0.25, 0.3) is 0 Å². The maximum atomic E-state index is 9.57. The predicted molar refractivity (Wildman–Crippen MR) is 52.6 cm³/mol. The van der Waals surface area contributed by atoms with E-state index in [0.717, 1.165) is 0 Å². The number of aliphatic hydroxyl groups excluding tert-OH is 8. The van der Waals surface area contributed by atoms with Crippen molar-refractivity contribution in [3.8, 4) is 0 Å². The van der Waals surface area contributed by atoms with Gasteiger partial charge in [0.05, 0.1) is 18.8 Å². The molecule has 0 bridgehead atoms. The molecule has 0 radical (unpaired) electrons. The van der Waals surface area contributed by atoms with Crippen LogP contribution < -0.4 is 0 Å². The van der Waals surface area contributed by atoms with Gasteiger partial charge in [0, 0.05) is 5.92 Å². The molecule has 8 N–H and O–H groups in total. The zero-order valence-corrected chi connectivity index (χ0v) is 8.90. The normalized spacial score (nSPS) is 52.9. The van der Waals surface area contributed by atoms with Gasteiger partial charge in [-0.2, -0.15) is 0 Å². The van der Waals surface area contributed by atoms with E-state index in [1.165, 1.54) is 0 Å². The molecule has 8 heteroatoms. The highest BCUT2D eigenvalue weighted by atomic mass is 16.4. The van der Waals surface area contributed by atoms with Gasteiger partial charge in [-0.25, -0.2) is 0 Å². The van der Waals surface area contributed by atoms with Crippen LogP contribution in [0.5, 0.6) is 0 Å². The second-order valence-electron chi connectivity index (χ2n) is 4.28. The van der Waals surface area contributed by atoms with Gasteiger partial charge in [0.15, 0.2) is 0 Å². The third-order valence-electron chi connectivity index (χ3n) is 3.19. The Morgan fingerprint density at radius 2 is 0.706 bits per heavy atom. The van der Waals surface area contributed by atoms with E-state index in [1.54, 1.807) is 0 Å². The van der Waals surface area contributed by atoms with Crippen LogP contribution >= 0.6 is 0 Å². The molecule has 0 heterocycles. The molecule has 1 aliphatic carbocycles. The largest absolute Gasteiger partial charge is 0.396 e. The lowest BCUT2D eigenvalue weighted by molar-refractivity contribution is -0.213. The summed E-state index contributed by atoms with van der Waals surface area (Å²) in [5, 5.41) is 75.2. The zero-order valence-electron chi connectivity index (χ0n) is 8.90. The summed E-state index contributed by atoms with van der Waals surface area (Å²) < 4.78 is 0. The Hall–Kier alpha value is -0.320. The first-order valence-electron chi connectivity index (χ1n) is 5.20. The third-order valence-corrected chi connectivity index (χ3v) is 3.19. The second kappa shape index (κ2) is 5.55. The molecule has 0 spiro atoms. The maximum Gasteiger partial charge on any atom is 0.111 e. The van der Waals surface area contributed by atoms with Crippen molar-refractivity contribution in [1.29, 1.82) is 0 Å². The molecule has 0 aromatic heterocycles. The van der Waals surface area contributed by atoms with Crippen LogP contribution in [-0.2, 0) is 0 Å². The van der Waals surface area contributed by atoms with Crippen LogP contribution in [0.1, 0.15) is 0 Å². The van der Waals surface area contributed by atoms with E-state index in [1.807, 2.05) is 0 Å². The maximum absolute atomic E-state index is 9.57. The monoisotopic (exact) mass is 254 g/mol. The Morgan fingerprint density at radius 1 is 0.471 bits per heavy atom. The highest BCUT2D eigenvalue weighted by Gasteiger charge is 2.47. The quantitative estimate of drug-likeness (QED) is 0.231. The summed E-state index contributed by atoms with van der Waals surface area (Å²) in [4.78, 5) is 0. The van der Waals surface area contributed by atoms with E-state index >= 15 is 0 Å². The molecule has 0 aromatic carbocycles. The minimum Gasteiger partial charge on any atom is -0.396 e. The van der Waals surface area contributed by atoms with E-state index in [-0.39, 0.29) is 0 Å². The fourth-order valence-corrected chi connectivity index (χ4v) is 1.93.